The van der Waals surface area contributed by atoms with Gasteiger partial charge in [-0.05, 0) is 56.7 Å². The van der Waals surface area contributed by atoms with Crippen molar-refractivity contribution in [3.05, 3.63) is 48.0 Å². The van der Waals surface area contributed by atoms with Gasteiger partial charge in [0.25, 0.3) is 5.91 Å². The second-order valence-corrected chi connectivity index (χ2v) is 8.53. The fourth-order valence-corrected chi connectivity index (χ4v) is 3.80. The van der Waals surface area contributed by atoms with Crippen LogP contribution in [0, 0.1) is 0 Å². The summed E-state index contributed by atoms with van der Waals surface area (Å²) >= 11 is 0. The average Bonchev–Trinajstić information content (AvgIpc) is 2.68. The SMILES string of the molecule is CCCCOc1ccc(OC)cc1NC(=O)c1ccc(S(=O)(=O)NC(C)C)cc1. The molecule has 7 nitrogen and oxygen atoms in total. The third-order valence-corrected chi connectivity index (χ3v) is 5.68. The van der Waals surface area contributed by atoms with E-state index in [9.17, 15) is 13.2 Å². The van der Waals surface area contributed by atoms with Gasteiger partial charge in [0, 0.05) is 17.7 Å². The molecule has 2 aromatic rings. The van der Waals surface area contributed by atoms with Crippen molar-refractivity contribution in [3.8, 4) is 11.5 Å². The molecule has 0 fully saturated rings. The molecular weight excluding hydrogens is 392 g/mol. The third-order valence-electron chi connectivity index (χ3n) is 4.01. The number of nitrogens with one attached hydrogen (secondary N) is 2. The Morgan fingerprint density at radius 2 is 1.79 bits per heavy atom. The van der Waals surface area contributed by atoms with Crippen LogP contribution in [0.3, 0.4) is 0 Å². The molecule has 0 saturated heterocycles. The van der Waals surface area contributed by atoms with E-state index in [4.69, 9.17) is 9.47 Å². The number of hydrogen-bond donors (Lipinski definition) is 2. The minimum Gasteiger partial charge on any atom is -0.497 e. The number of carbonyl (C=O) groups excluding carboxylic acids is 1. The Bertz CT molecular complexity index is 925. The molecule has 8 heteroatoms. The van der Waals surface area contributed by atoms with E-state index in [1.54, 1.807) is 39.2 Å². The van der Waals surface area contributed by atoms with Gasteiger partial charge in [-0.1, -0.05) is 13.3 Å². The first kappa shape index (κ1) is 22.7. The van der Waals surface area contributed by atoms with Crippen molar-refractivity contribution in [2.75, 3.05) is 19.0 Å². The first-order chi connectivity index (χ1) is 13.8. The molecule has 0 saturated carbocycles. The average molecular weight is 421 g/mol. The van der Waals surface area contributed by atoms with Crippen molar-refractivity contribution in [2.24, 2.45) is 0 Å². The number of amides is 1. The van der Waals surface area contributed by atoms with Gasteiger partial charge >= 0.3 is 0 Å². The highest BCUT2D eigenvalue weighted by atomic mass is 32.2. The van der Waals surface area contributed by atoms with E-state index in [2.05, 4.69) is 17.0 Å². The van der Waals surface area contributed by atoms with Gasteiger partial charge in [-0.15, -0.1) is 0 Å². The van der Waals surface area contributed by atoms with E-state index in [-0.39, 0.29) is 16.8 Å². The summed E-state index contributed by atoms with van der Waals surface area (Å²) in [6.07, 6.45) is 1.90. The molecule has 0 aromatic heterocycles. The van der Waals surface area contributed by atoms with E-state index in [1.807, 2.05) is 0 Å². The van der Waals surface area contributed by atoms with Gasteiger partial charge in [0.15, 0.2) is 0 Å². The summed E-state index contributed by atoms with van der Waals surface area (Å²) in [7, 11) is -2.06. The molecule has 158 valence electrons. The number of rotatable bonds is 10. The van der Waals surface area contributed by atoms with Gasteiger partial charge in [0.2, 0.25) is 10.0 Å². The van der Waals surface area contributed by atoms with E-state index < -0.39 is 10.0 Å². The number of hydrogen-bond acceptors (Lipinski definition) is 5. The topological polar surface area (TPSA) is 93.7 Å². The summed E-state index contributed by atoms with van der Waals surface area (Å²) < 4.78 is 37.9. The molecule has 2 rings (SSSR count). The normalized spacial score (nSPS) is 11.3. The monoisotopic (exact) mass is 420 g/mol. The predicted octanol–water partition coefficient (Wildman–Crippen LogP) is 3.81. The highest BCUT2D eigenvalue weighted by Gasteiger charge is 2.17. The maximum atomic E-state index is 12.7. The van der Waals surface area contributed by atoms with Crippen LogP contribution in [-0.2, 0) is 10.0 Å². The summed E-state index contributed by atoms with van der Waals surface area (Å²) in [5.74, 6) is 0.761. The number of methoxy groups -OCH3 is 1. The van der Waals surface area contributed by atoms with Gasteiger partial charge in [0.05, 0.1) is 24.3 Å². The lowest BCUT2D eigenvalue weighted by atomic mass is 10.2. The first-order valence-electron chi connectivity index (χ1n) is 9.51. The Morgan fingerprint density at radius 3 is 2.38 bits per heavy atom. The molecule has 2 N–H and O–H groups in total. The van der Waals surface area contributed by atoms with Crippen molar-refractivity contribution in [1.82, 2.24) is 4.72 Å². The zero-order chi connectivity index (χ0) is 21.4. The number of carbonyl (C=O) groups is 1. The first-order valence-corrected chi connectivity index (χ1v) is 11.0. The minimum atomic E-state index is -3.61. The molecule has 1 amide bonds. The number of ether oxygens (including phenoxy) is 2. The summed E-state index contributed by atoms with van der Waals surface area (Å²) in [4.78, 5) is 12.8. The van der Waals surface area contributed by atoms with Crippen LogP contribution in [-0.4, -0.2) is 34.1 Å². The number of unbranched alkanes of at least 4 members (excludes halogenated alkanes) is 1. The van der Waals surface area contributed by atoms with Crippen LogP contribution in [0.2, 0.25) is 0 Å². The third kappa shape index (κ3) is 6.47. The Kier molecular flexibility index (Phi) is 8.04. The molecule has 0 radical (unpaired) electrons. The smallest absolute Gasteiger partial charge is 0.255 e. The van der Waals surface area contributed by atoms with Crippen LogP contribution in [0.4, 0.5) is 5.69 Å². The molecule has 0 unspecified atom stereocenters. The van der Waals surface area contributed by atoms with Crippen LogP contribution in [0.25, 0.3) is 0 Å². The number of benzene rings is 2. The highest BCUT2D eigenvalue weighted by Crippen LogP contribution is 2.30. The Morgan fingerprint density at radius 1 is 1.10 bits per heavy atom. The summed E-state index contributed by atoms with van der Waals surface area (Å²) in [6, 6.07) is 10.7. The Hall–Kier alpha value is -2.58. The van der Waals surface area contributed by atoms with E-state index in [0.29, 0.717) is 29.4 Å². The zero-order valence-electron chi connectivity index (χ0n) is 17.2. The molecule has 29 heavy (non-hydrogen) atoms. The molecule has 0 heterocycles. The van der Waals surface area contributed by atoms with Gasteiger partial charge in [-0.3, -0.25) is 4.79 Å². The summed E-state index contributed by atoms with van der Waals surface area (Å²) in [5, 5.41) is 2.81. The lowest BCUT2D eigenvalue weighted by Crippen LogP contribution is -2.30. The summed E-state index contributed by atoms with van der Waals surface area (Å²) in [6.45, 7) is 6.10. The van der Waals surface area contributed by atoms with Gasteiger partial charge < -0.3 is 14.8 Å². The molecule has 0 aliphatic carbocycles. The lowest BCUT2D eigenvalue weighted by Gasteiger charge is -2.14. The number of sulfonamides is 1. The van der Waals surface area contributed by atoms with E-state index in [0.717, 1.165) is 12.8 Å². The lowest BCUT2D eigenvalue weighted by molar-refractivity contribution is 0.102. The van der Waals surface area contributed by atoms with Gasteiger partial charge in [-0.2, -0.15) is 0 Å². The van der Waals surface area contributed by atoms with Crippen LogP contribution in [0.1, 0.15) is 44.0 Å². The fraction of sp³-hybridized carbons (Fsp3) is 0.381. The fourth-order valence-electron chi connectivity index (χ4n) is 2.54. The molecule has 0 atom stereocenters. The van der Waals surface area contributed by atoms with Crippen molar-refractivity contribution in [1.29, 1.82) is 0 Å². The Balaban J connectivity index is 2.19. The molecular formula is C21H28N2O5S. The minimum absolute atomic E-state index is 0.104. The predicted molar refractivity (Wildman–Crippen MR) is 113 cm³/mol. The Labute approximate surface area is 172 Å². The van der Waals surface area contributed by atoms with Crippen molar-refractivity contribution in [2.45, 2.75) is 44.6 Å². The van der Waals surface area contributed by atoms with Crippen molar-refractivity contribution < 1.29 is 22.7 Å². The van der Waals surface area contributed by atoms with Crippen LogP contribution in [0.5, 0.6) is 11.5 Å². The molecule has 0 aliphatic rings. The zero-order valence-corrected chi connectivity index (χ0v) is 18.0. The second-order valence-electron chi connectivity index (χ2n) is 6.82. The van der Waals surface area contributed by atoms with Crippen LogP contribution in [0.15, 0.2) is 47.4 Å². The largest absolute Gasteiger partial charge is 0.497 e. The van der Waals surface area contributed by atoms with E-state index in [1.165, 1.54) is 24.3 Å². The van der Waals surface area contributed by atoms with Gasteiger partial charge in [0.1, 0.15) is 11.5 Å². The van der Waals surface area contributed by atoms with Gasteiger partial charge in [-0.25, -0.2) is 13.1 Å². The maximum Gasteiger partial charge on any atom is 0.255 e. The molecule has 0 aliphatic heterocycles. The second kappa shape index (κ2) is 10.3. The summed E-state index contributed by atoms with van der Waals surface area (Å²) in [5.41, 5.74) is 0.819. The van der Waals surface area contributed by atoms with Crippen molar-refractivity contribution in [3.63, 3.8) is 0 Å². The highest BCUT2D eigenvalue weighted by molar-refractivity contribution is 7.89. The quantitative estimate of drug-likeness (QED) is 0.570. The van der Waals surface area contributed by atoms with E-state index >= 15 is 0 Å². The molecule has 2 aromatic carbocycles. The molecule has 0 spiro atoms. The number of anilines is 1. The maximum absolute atomic E-state index is 12.7. The molecule has 0 bridgehead atoms. The standard InChI is InChI=1S/C21H28N2O5S/c1-5-6-13-28-20-12-9-17(27-4)14-19(20)22-21(24)16-7-10-18(11-8-16)29(25,26)23-15(2)3/h7-12,14-15,23H,5-6,13H2,1-4H3,(H,22,24). The van der Waals surface area contributed by atoms with Crippen molar-refractivity contribution >= 4 is 21.6 Å². The van der Waals surface area contributed by atoms with Crippen LogP contribution >= 0.6 is 0 Å². The van der Waals surface area contributed by atoms with Crippen LogP contribution < -0.4 is 19.5 Å².